The van der Waals surface area contributed by atoms with Gasteiger partial charge >= 0.3 is 5.97 Å². The molecule has 0 aromatic carbocycles. The van der Waals surface area contributed by atoms with Gasteiger partial charge in [0.05, 0.1) is 18.1 Å². The summed E-state index contributed by atoms with van der Waals surface area (Å²) in [5.74, 6) is -4.86. The zero-order chi connectivity index (χ0) is 31.8. The van der Waals surface area contributed by atoms with Crippen molar-refractivity contribution in [2.75, 3.05) is 0 Å². The predicted molar refractivity (Wildman–Crippen MR) is 163 cm³/mol. The Morgan fingerprint density at radius 2 is 1.26 bits per heavy atom. The average Bonchev–Trinajstić information content (AvgIpc) is 2.94. The Morgan fingerprint density at radius 1 is 0.762 bits per heavy atom. The van der Waals surface area contributed by atoms with Crippen LogP contribution in [-0.4, -0.2) is 64.3 Å². The normalized spacial score (nSPS) is 24.8. The Labute approximate surface area is 252 Å². The number of carbonyl (C=O) groups is 4. The fraction of sp³-hybridized carbons (Fsp3) is 0.812. The van der Waals surface area contributed by atoms with Crippen molar-refractivity contribution >= 4 is 23.7 Å². The highest BCUT2D eigenvalue weighted by Gasteiger charge is 2.39. The fourth-order valence-corrected chi connectivity index (χ4v) is 5.25. The molecule has 10 nitrogen and oxygen atoms in total. The van der Waals surface area contributed by atoms with E-state index in [1.807, 2.05) is 0 Å². The Morgan fingerprint density at radius 3 is 1.76 bits per heavy atom. The van der Waals surface area contributed by atoms with E-state index in [0.717, 1.165) is 19.3 Å². The minimum absolute atomic E-state index is 0.343. The Kier molecular flexibility index (Phi) is 17.6. The fourth-order valence-electron chi connectivity index (χ4n) is 5.25. The third-order valence-electron chi connectivity index (χ3n) is 8.21. The van der Waals surface area contributed by atoms with Crippen LogP contribution in [0.1, 0.15) is 119 Å². The van der Waals surface area contributed by atoms with Crippen LogP contribution >= 0.6 is 0 Å². The van der Waals surface area contributed by atoms with Crippen molar-refractivity contribution in [1.29, 1.82) is 0 Å². The van der Waals surface area contributed by atoms with Crippen molar-refractivity contribution < 1.29 is 34.1 Å². The van der Waals surface area contributed by atoms with Gasteiger partial charge in [0.1, 0.15) is 23.9 Å². The number of hydrogen-bond donors (Lipinski definition) is 5. The molecular formula is C32H57N3O7. The summed E-state index contributed by atoms with van der Waals surface area (Å²) in [6.45, 7) is 13.9. The van der Waals surface area contributed by atoms with Gasteiger partial charge < -0.3 is 30.9 Å². The van der Waals surface area contributed by atoms with Gasteiger partial charge in [0.15, 0.2) is 0 Å². The second-order valence-electron chi connectivity index (χ2n) is 12.3. The number of carbonyl (C=O) groups excluding carboxylic acids is 4. The van der Waals surface area contributed by atoms with Gasteiger partial charge in [-0.2, -0.15) is 0 Å². The zero-order valence-corrected chi connectivity index (χ0v) is 26.7. The summed E-state index contributed by atoms with van der Waals surface area (Å²) in [5, 5.41) is 28.6. The van der Waals surface area contributed by atoms with E-state index >= 15 is 0 Å². The average molecular weight is 596 g/mol. The van der Waals surface area contributed by atoms with Gasteiger partial charge in [-0.15, -0.1) is 0 Å². The molecule has 5 N–H and O–H groups in total. The maximum Gasteiger partial charge on any atom is 0.354 e. The Hall–Kier alpha value is -2.46. The summed E-state index contributed by atoms with van der Waals surface area (Å²) in [7, 11) is 0. The predicted octanol–water partition coefficient (Wildman–Crippen LogP) is 3.88. The molecule has 7 atom stereocenters. The lowest BCUT2D eigenvalue weighted by atomic mass is 9.86. The van der Waals surface area contributed by atoms with Gasteiger partial charge in [-0.3, -0.25) is 14.4 Å². The molecule has 1 heterocycles. The third kappa shape index (κ3) is 12.8. The first-order valence-corrected chi connectivity index (χ1v) is 16.0. The number of aliphatic hydroxyl groups is 2. The molecule has 3 amide bonds. The highest BCUT2D eigenvalue weighted by Crippen LogP contribution is 2.25. The van der Waals surface area contributed by atoms with Crippen LogP contribution in [0, 0.1) is 17.8 Å². The number of aliphatic hydroxyl groups excluding tert-OH is 2. The summed E-state index contributed by atoms with van der Waals surface area (Å²) < 4.78 is 5.67. The van der Waals surface area contributed by atoms with Crippen LogP contribution in [0.15, 0.2) is 12.3 Å². The lowest BCUT2D eigenvalue weighted by molar-refractivity contribution is -0.157. The number of unbranched alkanes of at least 4 members (excludes halogenated alkanes) is 10. The molecule has 0 radical (unpaired) electrons. The minimum Gasteiger partial charge on any atom is -0.457 e. The molecule has 242 valence electrons. The molecule has 1 fully saturated rings. The minimum atomic E-state index is -1.39. The van der Waals surface area contributed by atoms with E-state index in [1.54, 1.807) is 27.7 Å². The van der Waals surface area contributed by atoms with Gasteiger partial charge in [-0.25, -0.2) is 4.79 Å². The van der Waals surface area contributed by atoms with E-state index < -0.39 is 71.6 Å². The van der Waals surface area contributed by atoms with Crippen molar-refractivity contribution in [1.82, 2.24) is 16.0 Å². The first-order chi connectivity index (χ1) is 19.8. The first kappa shape index (κ1) is 37.6. The smallest absolute Gasteiger partial charge is 0.354 e. The van der Waals surface area contributed by atoms with Crippen LogP contribution in [0.4, 0.5) is 0 Å². The van der Waals surface area contributed by atoms with Crippen LogP contribution in [0.2, 0.25) is 0 Å². The quantitative estimate of drug-likeness (QED) is 0.103. The molecule has 0 unspecified atom stereocenters. The lowest BCUT2D eigenvalue weighted by Crippen LogP contribution is -2.58. The molecule has 42 heavy (non-hydrogen) atoms. The molecule has 0 aromatic heterocycles. The molecule has 0 aliphatic carbocycles. The second-order valence-corrected chi connectivity index (χ2v) is 12.3. The molecule has 0 bridgehead atoms. The summed E-state index contributed by atoms with van der Waals surface area (Å²) in [6.07, 6.45) is 10.4. The zero-order valence-electron chi connectivity index (χ0n) is 26.7. The van der Waals surface area contributed by atoms with Crippen LogP contribution in [0.25, 0.3) is 0 Å². The standard InChI is InChI=1S/C32H57N3O7/c1-8-9-10-11-12-13-14-15-16-17-18-19-25(37)21(4)28-22(5)29(38)34-26(20(2)3)30(39)35-27(24(7)36)31(40)33-23(6)32(41)42-28/h20-22,24-28,36-37H,6,8-19H2,1-5,7H3,(H,33,40)(H,34,38)(H,35,39)/t21-,22-,24-,25-,26-,27-,28+/m0/s1. The van der Waals surface area contributed by atoms with Crippen molar-refractivity contribution in [3.8, 4) is 0 Å². The summed E-state index contributed by atoms with van der Waals surface area (Å²) in [4.78, 5) is 52.1. The number of cyclic esters (lactones) is 1. The van der Waals surface area contributed by atoms with Crippen LogP contribution in [0.5, 0.6) is 0 Å². The van der Waals surface area contributed by atoms with Crippen molar-refractivity contribution in [3.63, 3.8) is 0 Å². The molecule has 0 spiro atoms. The molecule has 1 aliphatic heterocycles. The molecule has 1 aliphatic rings. The maximum absolute atomic E-state index is 13.3. The summed E-state index contributed by atoms with van der Waals surface area (Å²) in [5.41, 5.74) is -0.399. The Balaban J connectivity index is 2.89. The number of rotatable bonds is 16. The first-order valence-electron chi connectivity index (χ1n) is 16.0. The van der Waals surface area contributed by atoms with Crippen molar-refractivity contribution in [2.45, 2.75) is 149 Å². The Bertz CT molecular complexity index is 876. The number of amides is 3. The summed E-state index contributed by atoms with van der Waals surface area (Å²) in [6, 6.07) is -2.40. The van der Waals surface area contributed by atoms with E-state index in [9.17, 15) is 29.4 Å². The SMILES string of the molecule is C=C1NC(=O)[C@H]([C@H](C)O)NC(=O)[C@H](C(C)C)NC(=O)[C@@H](C)[C@@H]([C@@H](C)[C@@H](O)CCCCCCCCCCCCC)OC1=O. The van der Waals surface area contributed by atoms with Crippen molar-refractivity contribution in [3.05, 3.63) is 12.3 Å². The largest absolute Gasteiger partial charge is 0.457 e. The third-order valence-corrected chi connectivity index (χ3v) is 8.21. The molecule has 10 heteroatoms. The van der Waals surface area contributed by atoms with Crippen LogP contribution in [0.3, 0.4) is 0 Å². The molecule has 0 saturated carbocycles. The number of esters is 1. The highest BCUT2D eigenvalue weighted by molar-refractivity contribution is 5.98. The van der Waals surface area contributed by atoms with Gasteiger partial charge in [0.25, 0.3) is 0 Å². The maximum atomic E-state index is 13.3. The number of ether oxygens (including phenoxy) is 1. The topological polar surface area (TPSA) is 154 Å². The lowest BCUT2D eigenvalue weighted by Gasteiger charge is -2.32. The monoisotopic (exact) mass is 595 g/mol. The van der Waals surface area contributed by atoms with E-state index in [4.69, 9.17) is 4.74 Å². The van der Waals surface area contributed by atoms with E-state index in [-0.39, 0.29) is 5.92 Å². The second kappa shape index (κ2) is 19.7. The highest BCUT2D eigenvalue weighted by atomic mass is 16.5. The number of nitrogens with one attached hydrogen (secondary N) is 3. The van der Waals surface area contributed by atoms with Gasteiger partial charge in [0, 0.05) is 5.92 Å². The number of hydrogen-bond acceptors (Lipinski definition) is 7. The molecule has 1 rings (SSSR count). The van der Waals surface area contributed by atoms with Gasteiger partial charge in [-0.1, -0.05) is 112 Å². The van der Waals surface area contributed by atoms with Crippen molar-refractivity contribution in [2.24, 2.45) is 17.8 Å². The van der Waals surface area contributed by atoms with Crippen LogP contribution < -0.4 is 16.0 Å². The van der Waals surface area contributed by atoms with Crippen LogP contribution in [-0.2, 0) is 23.9 Å². The van der Waals surface area contributed by atoms with E-state index in [0.29, 0.717) is 6.42 Å². The molecule has 0 aromatic rings. The van der Waals surface area contributed by atoms with Gasteiger partial charge in [0.2, 0.25) is 17.7 Å². The molecular weight excluding hydrogens is 538 g/mol. The molecule has 1 saturated heterocycles. The van der Waals surface area contributed by atoms with E-state index in [1.165, 1.54) is 58.3 Å². The van der Waals surface area contributed by atoms with E-state index in [2.05, 4.69) is 29.5 Å². The summed E-state index contributed by atoms with van der Waals surface area (Å²) >= 11 is 0. The van der Waals surface area contributed by atoms with Gasteiger partial charge in [-0.05, 0) is 19.3 Å².